The second-order valence-corrected chi connectivity index (χ2v) is 8.88. The maximum absolute atomic E-state index is 3.85. The molecule has 0 heterocycles. The van der Waals surface area contributed by atoms with Crippen LogP contribution < -0.4 is 5.32 Å². The SMILES string of the molecule is CCNC(CC1CCCCC1)C1CCC(C(C)(C)C)CC1. The van der Waals surface area contributed by atoms with E-state index >= 15 is 0 Å². The Morgan fingerprint density at radius 1 is 0.905 bits per heavy atom. The normalized spacial score (nSPS) is 30.3. The van der Waals surface area contributed by atoms with Gasteiger partial charge in [-0.1, -0.05) is 59.8 Å². The monoisotopic (exact) mass is 293 g/mol. The summed E-state index contributed by atoms with van der Waals surface area (Å²) >= 11 is 0. The van der Waals surface area contributed by atoms with Crippen molar-refractivity contribution < 1.29 is 0 Å². The van der Waals surface area contributed by atoms with E-state index in [0.717, 1.165) is 30.3 Å². The molecular formula is C20H39N. The molecule has 0 spiro atoms. The van der Waals surface area contributed by atoms with Crippen molar-refractivity contribution in [3.63, 3.8) is 0 Å². The second kappa shape index (κ2) is 7.99. The van der Waals surface area contributed by atoms with Gasteiger partial charge >= 0.3 is 0 Å². The third-order valence-electron chi connectivity index (χ3n) is 6.34. The third kappa shape index (κ3) is 5.27. The molecule has 0 saturated heterocycles. The Labute approximate surface area is 133 Å². The molecule has 0 aromatic rings. The van der Waals surface area contributed by atoms with E-state index in [9.17, 15) is 0 Å². The van der Waals surface area contributed by atoms with Crippen LogP contribution in [0.2, 0.25) is 0 Å². The molecule has 0 aromatic carbocycles. The van der Waals surface area contributed by atoms with Crippen LogP contribution in [-0.4, -0.2) is 12.6 Å². The first-order chi connectivity index (χ1) is 10.0. The van der Waals surface area contributed by atoms with Gasteiger partial charge in [-0.15, -0.1) is 0 Å². The van der Waals surface area contributed by atoms with Gasteiger partial charge in [0.2, 0.25) is 0 Å². The lowest BCUT2D eigenvalue weighted by Crippen LogP contribution is -2.40. The van der Waals surface area contributed by atoms with E-state index < -0.39 is 0 Å². The molecule has 1 heteroatoms. The molecule has 1 unspecified atom stereocenters. The van der Waals surface area contributed by atoms with Crippen LogP contribution >= 0.6 is 0 Å². The second-order valence-electron chi connectivity index (χ2n) is 8.88. The Balaban J connectivity index is 1.84. The summed E-state index contributed by atoms with van der Waals surface area (Å²) in [5, 5.41) is 3.85. The summed E-state index contributed by atoms with van der Waals surface area (Å²) in [5.74, 6) is 2.92. The fraction of sp³-hybridized carbons (Fsp3) is 1.00. The van der Waals surface area contributed by atoms with Crippen molar-refractivity contribution in [2.24, 2.45) is 23.2 Å². The topological polar surface area (TPSA) is 12.0 Å². The highest BCUT2D eigenvalue weighted by molar-refractivity contribution is 4.87. The summed E-state index contributed by atoms with van der Waals surface area (Å²) in [6.45, 7) is 10.7. The lowest BCUT2D eigenvalue weighted by atomic mass is 9.67. The maximum atomic E-state index is 3.85. The van der Waals surface area contributed by atoms with Crippen LogP contribution in [0.15, 0.2) is 0 Å². The van der Waals surface area contributed by atoms with E-state index in [-0.39, 0.29) is 0 Å². The van der Waals surface area contributed by atoms with Crippen LogP contribution in [-0.2, 0) is 0 Å². The summed E-state index contributed by atoms with van der Waals surface area (Å²) in [5.41, 5.74) is 0.516. The molecule has 0 amide bonds. The fourth-order valence-corrected chi connectivity index (χ4v) is 4.87. The minimum Gasteiger partial charge on any atom is -0.314 e. The van der Waals surface area contributed by atoms with Gasteiger partial charge in [0.25, 0.3) is 0 Å². The summed E-state index contributed by atoms with van der Waals surface area (Å²) in [6, 6.07) is 0.805. The Morgan fingerprint density at radius 2 is 1.52 bits per heavy atom. The van der Waals surface area contributed by atoms with Crippen molar-refractivity contribution >= 4 is 0 Å². The van der Waals surface area contributed by atoms with E-state index in [2.05, 4.69) is 33.0 Å². The van der Waals surface area contributed by atoms with Crippen molar-refractivity contribution in [2.45, 2.75) is 97.9 Å². The highest BCUT2D eigenvalue weighted by atomic mass is 14.9. The van der Waals surface area contributed by atoms with E-state index in [4.69, 9.17) is 0 Å². The van der Waals surface area contributed by atoms with Gasteiger partial charge in [-0.2, -0.15) is 0 Å². The van der Waals surface area contributed by atoms with Crippen LogP contribution in [0.3, 0.4) is 0 Å². The van der Waals surface area contributed by atoms with E-state index in [0.29, 0.717) is 5.41 Å². The Bertz CT molecular complexity index is 277. The van der Waals surface area contributed by atoms with Crippen molar-refractivity contribution in [1.29, 1.82) is 0 Å². The largest absolute Gasteiger partial charge is 0.314 e. The molecule has 0 radical (unpaired) electrons. The summed E-state index contributed by atoms with van der Waals surface area (Å²) in [7, 11) is 0. The average Bonchev–Trinajstić information content (AvgIpc) is 2.47. The Morgan fingerprint density at radius 3 is 2.05 bits per heavy atom. The Kier molecular flexibility index (Phi) is 6.59. The minimum atomic E-state index is 0.516. The summed E-state index contributed by atoms with van der Waals surface area (Å²) in [6.07, 6.45) is 14.8. The molecule has 0 bridgehead atoms. The smallest absolute Gasteiger partial charge is 0.00978 e. The standard InChI is InChI=1S/C20H39N/c1-5-21-19(15-16-9-7-6-8-10-16)17-11-13-18(14-12-17)20(2,3)4/h16-19,21H,5-15H2,1-4H3. The van der Waals surface area contributed by atoms with Crippen molar-refractivity contribution in [3.05, 3.63) is 0 Å². The molecule has 0 aromatic heterocycles. The average molecular weight is 294 g/mol. The highest BCUT2D eigenvalue weighted by Gasteiger charge is 2.33. The van der Waals surface area contributed by atoms with Crippen molar-refractivity contribution in [1.82, 2.24) is 5.32 Å². The van der Waals surface area contributed by atoms with Gasteiger partial charge in [0.1, 0.15) is 0 Å². The number of hydrogen-bond acceptors (Lipinski definition) is 1. The fourth-order valence-electron chi connectivity index (χ4n) is 4.87. The van der Waals surface area contributed by atoms with Gasteiger partial charge in [-0.3, -0.25) is 0 Å². The van der Waals surface area contributed by atoms with E-state index in [1.54, 1.807) is 0 Å². The zero-order valence-electron chi connectivity index (χ0n) is 15.1. The molecule has 1 atom stereocenters. The number of hydrogen-bond donors (Lipinski definition) is 1. The first kappa shape index (κ1) is 17.3. The van der Waals surface area contributed by atoms with Gasteiger partial charge in [0.15, 0.2) is 0 Å². The zero-order chi connectivity index (χ0) is 15.3. The first-order valence-corrected chi connectivity index (χ1v) is 9.74. The number of rotatable bonds is 5. The molecule has 0 aliphatic heterocycles. The van der Waals surface area contributed by atoms with Crippen LogP contribution in [0.1, 0.15) is 91.9 Å². The number of nitrogens with one attached hydrogen (secondary N) is 1. The minimum absolute atomic E-state index is 0.516. The predicted octanol–water partition coefficient (Wildman–Crippen LogP) is 5.79. The molecule has 2 aliphatic rings. The zero-order valence-corrected chi connectivity index (χ0v) is 15.1. The van der Waals surface area contributed by atoms with Crippen molar-refractivity contribution in [2.75, 3.05) is 6.54 Å². The van der Waals surface area contributed by atoms with Gasteiger partial charge in [0.05, 0.1) is 0 Å². The predicted molar refractivity (Wildman–Crippen MR) is 93.6 cm³/mol. The quantitative estimate of drug-likeness (QED) is 0.676. The molecule has 1 nitrogen and oxygen atoms in total. The van der Waals surface area contributed by atoms with Crippen LogP contribution in [0.5, 0.6) is 0 Å². The van der Waals surface area contributed by atoms with Gasteiger partial charge < -0.3 is 5.32 Å². The highest BCUT2D eigenvalue weighted by Crippen LogP contribution is 2.42. The molecule has 2 rings (SSSR count). The van der Waals surface area contributed by atoms with Crippen LogP contribution in [0.25, 0.3) is 0 Å². The summed E-state index contributed by atoms with van der Waals surface area (Å²) < 4.78 is 0. The van der Waals surface area contributed by atoms with E-state index in [1.807, 2.05) is 0 Å². The third-order valence-corrected chi connectivity index (χ3v) is 6.34. The molecule has 2 aliphatic carbocycles. The van der Waals surface area contributed by atoms with Gasteiger partial charge in [0, 0.05) is 6.04 Å². The lowest BCUT2D eigenvalue weighted by molar-refractivity contribution is 0.123. The molecule has 21 heavy (non-hydrogen) atoms. The van der Waals surface area contributed by atoms with Gasteiger partial charge in [-0.05, 0) is 61.8 Å². The summed E-state index contributed by atoms with van der Waals surface area (Å²) in [4.78, 5) is 0. The molecule has 2 fully saturated rings. The molecule has 2 saturated carbocycles. The maximum Gasteiger partial charge on any atom is 0.00978 e. The van der Waals surface area contributed by atoms with E-state index in [1.165, 1.54) is 64.2 Å². The van der Waals surface area contributed by atoms with Crippen LogP contribution in [0, 0.1) is 23.2 Å². The van der Waals surface area contributed by atoms with Crippen LogP contribution in [0.4, 0.5) is 0 Å². The molecule has 1 N–H and O–H groups in total. The molecule has 124 valence electrons. The Hall–Kier alpha value is -0.0400. The van der Waals surface area contributed by atoms with Crippen molar-refractivity contribution in [3.8, 4) is 0 Å². The van der Waals surface area contributed by atoms with Gasteiger partial charge in [-0.25, -0.2) is 0 Å². The first-order valence-electron chi connectivity index (χ1n) is 9.74. The lowest BCUT2D eigenvalue weighted by Gasteiger charge is -2.40. The molecular weight excluding hydrogens is 254 g/mol.